The van der Waals surface area contributed by atoms with E-state index in [1.807, 2.05) is 60.7 Å². The topological polar surface area (TPSA) is 123 Å². The van der Waals surface area contributed by atoms with Crippen LogP contribution in [0.2, 0.25) is 0 Å². The summed E-state index contributed by atoms with van der Waals surface area (Å²) < 4.78 is 0. The summed E-state index contributed by atoms with van der Waals surface area (Å²) in [6.45, 7) is 2.95. The number of carbonyl (C=O) groups is 1. The standard InChI is InChI=1S/C24H25N5O3/c1-24(2,32)22(16-11-7-4-8-12-16)27-23(31)26-19-13-17-20(18(14-30)25-19)21(29-28-17)15-9-5-3-6-10-15/h3-13,22,30,32H,14H2,1-2H3,(H,28,29)(H2,25,26,27,31). The molecular weight excluding hydrogens is 406 g/mol. The van der Waals surface area contributed by atoms with Crippen LogP contribution in [0, 0.1) is 0 Å². The van der Waals surface area contributed by atoms with Crippen molar-refractivity contribution in [3.63, 3.8) is 0 Å². The van der Waals surface area contributed by atoms with Crippen LogP contribution in [-0.4, -0.2) is 37.0 Å². The highest BCUT2D eigenvalue weighted by molar-refractivity contribution is 5.97. The van der Waals surface area contributed by atoms with Gasteiger partial charge in [0.25, 0.3) is 0 Å². The average molecular weight is 431 g/mol. The molecule has 2 heterocycles. The van der Waals surface area contributed by atoms with Gasteiger partial charge in [-0.15, -0.1) is 0 Å². The Morgan fingerprint density at radius 1 is 1.09 bits per heavy atom. The van der Waals surface area contributed by atoms with Crippen LogP contribution in [0.15, 0.2) is 66.7 Å². The number of hydrogen-bond acceptors (Lipinski definition) is 5. The number of aromatic amines is 1. The van der Waals surface area contributed by atoms with Gasteiger partial charge in [0, 0.05) is 11.6 Å². The quantitative estimate of drug-likeness (QED) is 0.318. The number of anilines is 1. The van der Waals surface area contributed by atoms with Gasteiger partial charge < -0.3 is 15.5 Å². The summed E-state index contributed by atoms with van der Waals surface area (Å²) in [6, 6.07) is 19.3. The lowest BCUT2D eigenvalue weighted by Crippen LogP contribution is -2.44. The van der Waals surface area contributed by atoms with Gasteiger partial charge >= 0.3 is 6.03 Å². The summed E-state index contributed by atoms with van der Waals surface area (Å²) in [5.74, 6) is 0.255. The minimum absolute atomic E-state index is 0.255. The third-order valence-electron chi connectivity index (χ3n) is 5.17. The maximum Gasteiger partial charge on any atom is 0.320 e. The number of urea groups is 1. The highest BCUT2D eigenvalue weighted by atomic mass is 16.3. The Labute approximate surface area is 185 Å². The number of aliphatic hydroxyl groups excluding tert-OH is 1. The van der Waals surface area contributed by atoms with Gasteiger partial charge in [-0.25, -0.2) is 9.78 Å². The zero-order chi connectivity index (χ0) is 22.7. The fraction of sp³-hybridized carbons (Fsp3) is 0.208. The smallest absolute Gasteiger partial charge is 0.320 e. The van der Waals surface area contributed by atoms with Gasteiger partial charge in [0.1, 0.15) is 11.5 Å². The third kappa shape index (κ3) is 4.46. The molecule has 0 aliphatic heterocycles. The predicted octanol–water partition coefficient (Wildman–Crippen LogP) is 3.75. The molecule has 8 nitrogen and oxygen atoms in total. The van der Waals surface area contributed by atoms with Crippen LogP contribution in [-0.2, 0) is 6.61 Å². The van der Waals surface area contributed by atoms with E-state index in [1.165, 1.54) is 0 Å². The first kappa shape index (κ1) is 21.5. The molecule has 0 radical (unpaired) electrons. The largest absolute Gasteiger partial charge is 0.390 e. The van der Waals surface area contributed by atoms with E-state index in [9.17, 15) is 15.0 Å². The van der Waals surface area contributed by atoms with Gasteiger partial charge in [-0.3, -0.25) is 10.4 Å². The number of benzene rings is 2. The molecule has 4 aromatic rings. The van der Waals surface area contributed by atoms with Crippen LogP contribution in [0.25, 0.3) is 22.2 Å². The Bertz CT molecular complexity index is 1220. The molecular formula is C24H25N5O3. The molecule has 1 unspecified atom stereocenters. The fourth-order valence-corrected chi connectivity index (χ4v) is 3.70. The van der Waals surface area contributed by atoms with Crippen molar-refractivity contribution in [1.29, 1.82) is 0 Å². The highest BCUT2D eigenvalue weighted by Gasteiger charge is 2.30. The van der Waals surface area contributed by atoms with Crippen LogP contribution in [0.5, 0.6) is 0 Å². The molecule has 0 saturated heterocycles. The first-order valence-electron chi connectivity index (χ1n) is 10.3. The van der Waals surface area contributed by atoms with Crippen LogP contribution >= 0.6 is 0 Å². The molecule has 0 spiro atoms. The average Bonchev–Trinajstić information content (AvgIpc) is 3.21. The van der Waals surface area contributed by atoms with Crippen molar-refractivity contribution in [2.75, 3.05) is 5.32 Å². The number of aliphatic hydroxyl groups is 2. The van der Waals surface area contributed by atoms with Gasteiger partial charge in [0.15, 0.2) is 0 Å². The number of amides is 2. The fourth-order valence-electron chi connectivity index (χ4n) is 3.70. The number of H-pyrrole nitrogens is 1. The first-order chi connectivity index (χ1) is 15.4. The molecule has 2 aromatic carbocycles. The Morgan fingerprint density at radius 3 is 2.38 bits per heavy atom. The molecule has 0 fully saturated rings. The number of carbonyl (C=O) groups excluding carboxylic acids is 1. The van der Waals surface area contributed by atoms with Gasteiger partial charge in [0.05, 0.1) is 34.8 Å². The second-order valence-electron chi connectivity index (χ2n) is 8.07. The molecule has 5 N–H and O–H groups in total. The van der Waals surface area contributed by atoms with Crippen LogP contribution in [0.1, 0.15) is 31.1 Å². The lowest BCUT2D eigenvalue weighted by atomic mass is 9.92. The normalized spacial score (nSPS) is 12.5. The molecule has 2 amide bonds. The van der Waals surface area contributed by atoms with E-state index in [0.717, 1.165) is 11.1 Å². The molecule has 0 bridgehead atoms. The molecule has 32 heavy (non-hydrogen) atoms. The molecule has 0 aliphatic carbocycles. The highest BCUT2D eigenvalue weighted by Crippen LogP contribution is 2.30. The van der Waals surface area contributed by atoms with Crippen LogP contribution < -0.4 is 10.6 Å². The van der Waals surface area contributed by atoms with Crippen molar-refractivity contribution < 1.29 is 15.0 Å². The summed E-state index contributed by atoms with van der Waals surface area (Å²) >= 11 is 0. The maximum absolute atomic E-state index is 12.7. The van der Waals surface area contributed by atoms with E-state index in [-0.39, 0.29) is 12.4 Å². The van der Waals surface area contributed by atoms with Crippen molar-refractivity contribution in [3.8, 4) is 11.3 Å². The maximum atomic E-state index is 12.7. The van der Waals surface area contributed by atoms with E-state index < -0.39 is 17.7 Å². The number of nitrogens with zero attached hydrogens (tertiary/aromatic N) is 2. The number of hydrogen-bond donors (Lipinski definition) is 5. The zero-order valence-corrected chi connectivity index (χ0v) is 17.8. The monoisotopic (exact) mass is 431 g/mol. The van der Waals surface area contributed by atoms with Crippen molar-refractivity contribution in [1.82, 2.24) is 20.5 Å². The van der Waals surface area contributed by atoms with E-state index >= 15 is 0 Å². The first-order valence-corrected chi connectivity index (χ1v) is 10.3. The zero-order valence-electron chi connectivity index (χ0n) is 17.8. The molecule has 1 atom stereocenters. The summed E-state index contributed by atoms with van der Waals surface area (Å²) in [4.78, 5) is 17.2. The van der Waals surface area contributed by atoms with Gasteiger partial charge in [-0.2, -0.15) is 5.10 Å². The molecule has 2 aromatic heterocycles. The van der Waals surface area contributed by atoms with Gasteiger partial charge in [0.2, 0.25) is 0 Å². The van der Waals surface area contributed by atoms with Gasteiger partial charge in [-0.1, -0.05) is 60.7 Å². The van der Waals surface area contributed by atoms with Crippen molar-refractivity contribution in [3.05, 3.63) is 78.0 Å². The SMILES string of the molecule is CC(C)(O)C(NC(=O)Nc1cc2[nH]nc(-c3ccccc3)c2c(CO)n1)c1ccccc1. The molecule has 0 saturated carbocycles. The number of rotatable bonds is 6. The minimum Gasteiger partial charge on any atom is -0.390 e. The van der Waals surface area contributed by atoms with Gasteiger partial charge in [-0.05, 0) is 19.4 Å². The summed E-state index contributed by atoms with van der Waals surface area (Å²) in [6.07, 6.45) is 0. The van der Waals surface area contributed by atoms with Crippen LogP contribution in [0.4, 0.5) is 10.6 Å². The minimum atomic E-state index is -1.19. The van der Waals surface area contributed by atoms with E-state index in [4.69, 9.17) is 0 Å². The van der Waals surface area contributed by atoms with Crippen molar-refractivity contribution in [2.24, 2.45) is 0 Å². The Hall–Kier alpha value is -3.75. The molecule has 4 rings (SSSR count). The number of pyridine rings is 1. The lowest BCUT2D eigenvalue weighted by Gasteiger charge is -2.30. The summed E-state index contributed by atoms with van der Waals surface area (Å²) in [5.41, 5.74) is 2.19. The molecule has 164 valence electrons. The summed E-state index contributed by atoms with van der Waals surface area (Å²) in [5, 5.41) is 34.0. The Morgan fingerprint density at radius 2 is 1.75 bits per heavy atom. The Balaban J connectivity index is 1.61. The molecule has 8 heteroatoms. The Kier molecular flexibility index (Phi) is 5.89. The molecule has 0 aliphatic rings. The number of aromatic nitrogens is 3. The van der Waals surface area contributed by atoms with Crippen LogP contribution in [0.3, 0.4) is 0 Å². The van der Waals surface area contributed by atoms with E-state index in [2.05, 4.69) is 25.8 Å². The second-order valence-corrected chi connectivity index (χ2v) is 8.07. The second kappa shape index (κ2) is 8.78. The lowest BCUT2D eigenvalue weighted by molar-refractivity contribution is 0.0415. The third-order valence-corrected chi connectivity index (χ3v) is 5.17. The van der Waals surface area contributed by atoms with Crippen molar-refractivity contribution >= 4 is 22.8 Å². The van der Waals surface area contributed by atoms with E-state index in [1.54, 1.807) is 19.9 Å². The summed E-state index contributed by atoms with van der Waals surface area (Å²) in [7, 11) is 0. The van der Waals surface area contributed by atoms with E-state index in [0.29, 0.717) is 22.3 Å². The van der Waals surface area contributed by atoms with Crippen molar-refractivity contribution in [2.45, 2.75) is 32.1 Å². The number of fused-ring (bicyclic) bond motifs is 1. The number of nitrogens with one attached hydrogen (secondary N) is 3. The predicted molar refractivity (Wildman–Crippen MR) is 123 cm³/mol.